The van der Waals surface area contributed by atoms with Crippen LogP contribution in [0.25, 0.3) is 0 Å². The highest BCUT2D eigenvalue weighted by atomic mass is 16.5. The largest absolute Gasteiger partial charge is 0.388 e. The molecule has 1 atom stereocenters. The Morgan fingerprint density at radius 1 is 1.14 bits per heavy atom. The van der Waals surface area contributed by atoms with Crippen LogP contribution in [0, 0.1) is 41.6 Å². The molecule has 4 aliphatic carbocycles. The molecule has 0 N–H and O–H groups in total. The first-order valence-corrected chi connectivity index (χ1v) is 8.76. The Balaban J connectivity index is 1.63. The zero-order chi connectivity index (χ0) is 15.3. The molecule has 1 aromatic rings. The van der Waals surface area contributed by atoms with Crippen molar-refractivity contribution in [3.8, 4) is 12.0 Å². The van der Waals surface area contributed by atoms with Crippen molar-refractivity contribution in [1.82, 2.24) is 0 Å². The minimum absolute atomic E-state index is 0.540. The van der Waals surface area contributed by atoms with Crippen molar-refractivity contribution in [2.24, 2.45) is 23.2 Å². The molecular weight excluding hydrogens is 270 g/mol. The lowest BCUT2D eigenvalue weighted by Gasteiger charge is -2.59. The van der Waals surface area contributed by atoms with E-state index in [-0.39, 0.29) is 0 Å². The van der Waals surface area contributed by atoms with Crippen molar-refractivity contribution < 1.29 is 4.74 Å². The predicted octanol–water partition coefficient (Wildman–Crippen LogP) is 5.17. The van der Waals surface area contributed by atoms with Crippen molar-refractivity contribution in [2.75, 3.05) is 0 Å². The van der Waals surface area contributed by atoms with Crippen molar-refractivity contribution in [2.45, 2.75) is 58.3 Å². The van der Waals surface area contributed by atoms with Crippen molar-refractivity contribution in [1.29, 1.82) is 5.26 Å². The van der Waals surface area contributed by atoms with Gasteiger partial charge in [0.25, 0.3) is 6.26 Å². The van der Waals surface area contributed by atoms with Crippen LogP contribution in [0.5, 0.6) is 5.75 Å². The van der Waals surface area contributed by atoms with Crippen molar-refractivity contribution in [3.05, 3.63) is 29.3 Å². The number of rotatable bonds is 3. The van der Waals surface area contributed by atoms with Crippen LogP contribution in [0.1, 0.15) is 62.5 Å². The van der Waals surface area contributed by atoms with Crippen LogP contribution in [0.4, 0.5) is 0 Å². The summed E-state index contributed by atoms with van der Waals surface area (Å²) >= 11 is 0. The molecule has 0 heterocycles. The molecule has 0 amide bonds. The fraction of sp³-hybridized carbons (Fsp3) is 0.650. The van der Waals surface area contributed by atoms with E-state index in [1.54, 1.807) is 6.26 Å². The van der Waals surface area contributed by atoms with E-state index in [0.29, 0.717) is 17.1 Å². The molecule has 1 aromatic carbocycles. The first-order valence-electron chi connectivity index (χ1n) is 8.76. The molecule has 0 radical (unpaired) electrons. The van der Waals surface area contributed by atoms with Gasteiger partial charge in [0.15, 0.2) is 0 Å². The van der Waals surface area contributed by atoms with E-state index in [0.717, 1.165) is 23.3 Å². The maximum Gasteiger partial charge on any atom is 0.292 e. The quantitative estimate of drug-likeness (QED) is 0.720. The molecule has 5 rings (SSSR count). The fourth-order valence-electron chi connectivity index (χ4n) is 6.17. The molecule has 0 saturated heterocycles. The SMILES string of the molecule is Cc1cc(C(C)C23CC4CC(CC(C4)C2)C3)ccc1OC#N. The molecule has 0 spiro atoms. The van der Waals surface area contributed by atoms with Gasteiger partial charge < -0.3 is 4.74 Å². The monoisotopic (exact) mass is 295 g/mol. The minimum atomic E-state index is 0.540. The van der Waals surface area contributed by atoms with E-state index in [1.165, 1.54) is 44.1 Å². The van der Waals surface area contributed by atoms with Crippen LogP contribution in [0.3, 0.4) is 0 Å². The molecule has 2 nitrogen and oxygen atoms in total. The standard InChI is InChI=1S/C20H25NO/c1-13-5-18(3-4-19(13)22-12-21)14(2)20-9-15-6-16(10-20)8-17(7-15)11-20/h3-5,14-17H,6-11H2,1-2H3. The second-order valence-electron chi connectivity index (χ2n) is 8.22. The number of hydrogen-bond acceptors (Lipinski definition) is 2. The van der Waals surface area contributed by atoms with Crippen LogP contribution in [0.2, 0.25) is 0 Å². The molecule has 4 saturated carbocycles. The van der Waals surface area contributed by atoms with Gasteiger partial charge in [-0.25, -0.2) is 0 Å². The third kappa shape index (κ3) is 2.14. The van der Waals surface area contributed by atoms with Gasteiger partial charge in [0, 0.05) is 0 Å². The molecule has 0 aliphatic heterocycles. The van der Waals surface area contributed by atoms with Gasteiger partial charge in [0.05, 0.1) is 0 Å². The highest BCUT2D eigenvalue weighted by molar-refractivity contribution is 5.39. The van der Waals surface area contributed by atoms with E-state index in [9.17, 15) is 0 Å². The van der Waals surface area contributed by atoms with Crippen LogP contribution in [0.15, 0.2) is 18.2 Å². The van der Waals surface area contributed by atoms with Gasteiger partial charge in [0.2, 0.25) is 0 Å². The smallest absolute Gasteiger partial charge is 0.292 e. The summed E-state index contributed by atoms with van der Waals surface area (Å²) in [5.41, 5.74) is 3.05. The Labute approximate surface area is 133 Å². The second kappa shape index (κ2) is 5.01. The average molecular weight is 295 g/mol. The lowest BCUT2D eigenvalue weighted by atomic mass is 9.46. The van der Waals surface area contributed by atoms with Crippen LogP contribution < -0.4 is 4.74 Å². The van der Waals surface area contributed by atoms with Gasteiger partial charge in [-0.3, -0.25) is 0 Å². The van der Waals surface area contributed by atoms with Crippen LogP contribution in [-0.4, -0.2) is 0 Å². The molecule has 0 aromatic heterocycles. The van der Waals surface area contributed by atoms with Gasteiger partial charge in [-0.15, -0.1) is 5.26 Å². The van der Waals surface area contributed by atoms with Crippen molar-refractivity contribution in [3.63, 3.8) is 0 Å². The first kappa shape index (κ1) is 14.1. The lowest BCUT2D eigenvalue weighted by molar-refractivity contribution is -0.0656. The third-order valence-electron chi connectivity index (χ3n) is 6.86. The molecular formula is C20H25NO. The highest BCUT2D eigenvalue weighted by Crippen LogP contribution is 2.64. The zero-order valence-electron chi connectivity index (χ0n) is 13.6. The Morgan fingerprint density at radius 2 is 1.73 bits per heavy atom. The normalized spacial score (nSPS) is 36.9. The summed E-state index contributed by atoms with van der Waals surface area (Å²) in [6, 6.07) is 6.41. The van der Waals surface area contributed by atoms with E-state index in [2.05, 4.69) is 19.1 Å². The van der Waals surface area contributed by atoms with E-state index < -0.39 is 0 Å². The number of nitriles is 1. The number of nitrogens with zero attached hydrogens (tertiary/aromatic N) is 1. The number of aryl methyl sites for hydroxylation is 1. The second-order valence-corrected chi connectivity index (χ2v) is 8.22. The Hall–Kier alpha value is -1.49. The maximum absolute atomic E-state index is 8.70. The summed E-state index contributed by atoms with van der Waals surface area (Å²) < 4.78 is 5.03. The first-order chi connectivity index (χ1) is 10.6. The summed E-state index contributed by atoms with van der Waals surface area (Å²) in [7, 11) is 0. The zero-order valence-corrected chi connectivity index (χ0v) is 13.6. The van der Waals surface area contributed by atoms with Gasteiger partial charge in [-0.05, 0) is 91.7 Å². The van der Waals surface area contributed by atoms with Gasteiger partial charge >= 0.3 is 0 Å². The predicted molar refractivity (Wildman–Crippen MR) is 86.4 cm³/mol. The minimum Gasteiger partial charge on any atom is -0.388 e. The Bertz CT molecular complexity index is 592. The van der Waals surface area contributed by atoms with E-state index in [1.807, 2.05) is 13.0 Å². The Morgan fingerprint density at radius 3 is 2.23 bits per heavy atom. The maximum atomic E-state index is 8.70. The highest BCUT2D eigenvalue weighted by Gasteiger charge is 2.53. The van der Waals surface area contributed by atoms with E-state index in [4.69, 9.17) is 10.00 Å². The van der Waals surface area contributed by atoms with Gasteiger partial charge in [-0.1, -0.05) is 19.1 Å². The lowest BCUT2D eigenvalue weighted by Crippen LogP contribution is -2.48. The number of benzene rings is 1. The fourth-order valence-corrected chi connectivity index (χ4v) is 6.17. The molecule has 22 heavy (non-hydrogen) atoms. The molecule has 4 aliphatic rings. The van der Waals surface area contributed by atoms with Crippen molar-refractivity contribution >= 4 is 0 Å². The number of hydrogen-bond donors (Lipinski definition) is 0. The summed E-state index contributed by atoms with van der Waals surface area (Å²) in [5.74, 6) is 4.31. The summed E-state index contributed by atoms with van der Waals surface area (Å²) in [6.07, 6.45) is 10.6. The molecule has 1 unspecified atom stereocenters. The molecule has 2 heteroatoms. The van der Waals surface area contributed by atoms with Crippen LogP contribution in [-0.2, 0) is 0 Å². The molecule has 116 valence electrons. The summed E-state index contributed by atoms with van der Waals surface area (Å²) in [4.78, 5) is 0. The summed E-state index contributed by atoms with van der Waals surface area (Å²) in [5, 5.41) is 8.70. The molecule has 4 fully saturated rings. The van der Waals surface area contributed by atoms with Gasteiger partial charge in [0.1, 0.15) is 5.75 Å². The summed E-state index contributed by atoms with van der Waals surface area (Å²) in [6.45, 7) is 4.48. The van der Waals surface area contributed by atoms with Crippen LogP contribution >= 0.6 is 0 Å². The third-order valence-corrected chi connectivity index (χ3v) is 6.86. The van der Waals surface area contributed by atoms with E-state index >= 15 is 0 Å². The van der Waals surface area contributed by atoms with Gasteiger partial charge in [-0.2, -0.15) is 0 Å². The Kier molecular flexibility index (Phi) is 3.22. The average Bonchev–Trinajstić information content (AvgIpc) is 2.47. The molecule has 4 bridgehead atoms. The topological polar surface area (TPSA) is 33.0 Å². The number of ether oxygens (including phenoxy) is 1.